The van der Waals surface area contributed by atoms with Gasteiger partial charge >= 0.3 is 5.97 Å². The van der Waals surface area contributed by atoms with Crippen LogP contribution in [0.5, 0.6) is 0 Å². The smallest absolute Gasteiger partial charge is 0.310 e. The van der Waals surface area contributed by atoms with Crippen molar-refractivity contribution in [1.29, 1.82) is 0 Å². The molecule has 0 aromatic rings. The number of methoxy groups -OCH3 is 1. The van der Waals surface area contributed by atoms with Crippen LogP contribution in [0, 0.1) is 5.41 Å². The van der Waals surface area contributed by atoms with Crippen LogP contribution in [0.1, 0.15) is 33.1 Å². The Hall–Kier alpha value is -1.10. The van der Waals surface area contributed by atoms with E-state index in [2.05, 4.69) is 5.32 Å². The number of carbonyl (C=O) groups is 2. The summed E-state index contributed by atoms with van der Waals surface area (Å²) < 4.78 is 5.20. The molecule has 92 valence electrons. The number of hydrogen-bond acceptors (Lipinski definition) is 3. The molecule has 1 rings (SSSR count). The molecular formula is C11H19NO4. The first-order valence-corrected chi connectivity index (χ1v) is 5.41. The minimum Gasteiger partial charge on any atom is -0.481 e. The Balaban J connectivity index is 2.50. The normalized spacial score (nSPS) is 18.7. The molecule has 2 N–H and O–H groups in total. The molecule has 1 aliphatic carbocycles. The van der Waals surface area contributed by atoms with Crippen LogP contribution in [-0.4, -0.2) is 36.2 Å². The predicted molar refractivity (Wildman–Crippen MR) is 58.0 cm³/mol. The lowest BCUT2D eigenvalue weighted by molar-refractivity contribution is -0.156. The molecular weight excluding hydrogens is 210 g/mol. The van der Waals surface area contributed by atoms with Gasteiger partial charge < -0.3 is 15.2 Å². The van der Waals surface area contributed by atoms with E-state index in [1.54, 1.807) is 13.8 Å². The molecule has 1 aliphatic rings. The third-order valence-corrected chi connectivity index (χ3v) is 3.24. The van der Waals surface area contributed by atoms with Crippen molar-refractivity contribution < 1.29 is 19.4 Å². The molecule has 0 aromatic heterocycles. The van der Waals surface area contributed by atoms with Gasteiger partial charge in [0.15, 0.2) is 0 Å². The number of nitrogens with one attached hydrogen (secondary N) is 1. The second-order valence-corrected chi connectivity index (χ2v) is 4.92. The summed E-state index contributed by atoms with van der Waals surface area (Å²) in [4.78, 5) is 22.7. The Bertz CT molecular complexity index is 289. The summed E-state index contributed by atoms with van der Waals surface area (Å²) in [6.45, 7) is 3.28. The van der Waals surface area contributed by atoms with E-state index in [9.17, 15) is 9.59 Å². The van der Waals surface area contributed by atoms with E-state index in [0.717, 1.165) is 6.42 Å². The lowest BCUT2D eigenvalue weighted by atomic mass is 9.79. The molecule has 5 nitrogen and oxygen atoms in total. The van der Waals surface area contributed by atoms with E-state index < -0.39 is 17.0 Å². The third-order valence-electron chi connectivity index (χ3n) is 3.24. The molecule has 5 heteroatoms. The van der Waals surface area contributed by atoms with Gasteiger partial charge in [0.25, 0.3) is 5.91 Å². The zero-order valence-corrected chi connectivity index (χ0v) is 10.0. The highest BCUT2D eigenvalue weighted by Crippen LogP contribution is 2.35. The molecule has 0 aromatic carbocycles. The number of hydrogen-bond donors (Lipinski definition) is 2. The number of carboxylic acids is 1. The maximum absolute atomic E-state index is 11.8. The van der Waals surface area contributed by atoms with Crippen molar-refractivity contribution in [2.75, 3.05) is 13.7 Å². The van der Waals surface area contributed by atoms with Gasteiger partial charge in [-0.2, -0.15) is 0 Å². The first-order valence-electron chi connectivity index (χ1n) is 5.41. The van der Waals surface area contributed by atoms with Crippen LogP contribution in [-0.2, 0) is 14.3 Å². The third kappa shape index (κ3) is 2.35. The molecule has 0 heterocycles. The quantitative estimate of drug-likeness (QED) is 0.730. The van der Waals surface area contributed by atoms with E-state index >= 15 is 0 Å². The topological polar surface area (TPSA) is 75.6 Å². The van der Waals surface area contributed by atoms with Crippen LogP contribution in [0.3, 0.4) is 0 Å². The highest BCUT2D eigenvalue weighted by Gasteiger charge is 2.45. The van der Waals surface area contributed by atoms with E-state index in [4.69, 9.17) is 9.84 Å². The average molecular weight is 229 g/mol. The Morgan fingerprint density at radius 2 is 2.00 bits per heavy atom. The van der Waals surface area contributed by atoms with Crippen LogP contribution < -0.4 is 5.32 Å². The highest BCUT2D eigenvalue weighted by atomic mass is 16.5. The first kappa shape index (κ1) is 13.0. The second kappa shape index (κ2) is 4.41. The summed E-state index contributed by atoms with van der Waals surface area (Å²) in [6.07, 6.45) is 2.40. The van der Waals surface area contributed by atoms with Gasteiger partial charge in [-0.25, -0.2) is 0 Å². The van der Waals surface area contributed by atoms with Crippen LogP contribution in [0.25, 0.3) is 0 Å². The SMILES string of the molecule is COC1(C(=O)NCC(C)(C)C(=O)O)CCC1. The summed E-state index contributed by atoms with van der Waals surface area (Å²) >= 11 is 0. The number of ether oxygens (including phenoxy) is 1. The van der Waals surface area contributed by atoms with E-state index in [1.165, 1.54) is 7.11 Å². The lowest BCUT2D eigenvalue weighted by Gasteiger charge is -2.39. The molecule has 1 fully saturated rings. The van der Waals surface area contributed by atoms with Crippen LogP contribution in [0.4, 0.5) is 0 Å². The largest absolute Gasteiger partial charge is 0.481 e. The van der Waals surface area contributed by atoms with Crippen molar-refractivity contribution >= 4 is 11.9 Å². The Labute approximate surface area is 95.2 Å². The van der Waals surface area contributed by atoms with Gasteiger partial charge in [0.05, 0.1) is 5.41 Å². The van der Waals surface area contributed by atoms with Gasteiger partial charge in [-0.3, -0.25) is 9.59 Å². The van der Waals surface area contributed by atoms with Crippen molar-refractivity contribution in [2.24, 2.45) is 5.41 Å². The Morgan fingerprint density at radius 3 is 2.31 bits per heavy atom. The summed E-state index contributed by atoms with van der Waals surface area (Å²) in [6, 6.07) is 0. The van der Waals surface area contributed by atoms with Crippen molar-refractivity contribution in [3.63, 3.8) is 0 Å². The number of amides is 1. The monoisotopic (exact) mass is 229 g/mol. The first-order chi connectivity index (χ1) is 7.34. The number of aliphatic carboxylic acids is 1. The minimum atomic E-state index is -0.950. The summed E-state index contributed by atoms with van der Waals surface area (Å²) in [5.41, 5.74) is -1.66. The highest BCUT2D eigenvalue weighted by molar-refractivity contribution is 5.86. The summed E-state index contributed by atoms with van der Waals surface area (Å²) in [7, 11) is 1.51. The van der Waals surface area contributed by atoms with Gasteiger partial charge in [0, 0.05) is 13.7 Å². The average Bonchev–Trinajstić information content (AvgIpc) is 2.14. The molecule has 0 aliphatic heterocycles. The van der Waals surface area contributed by atoms with Gasteiger partial charge in [-0.05, 0) is 33.1 Å². The standard InChI is InChI=1S/C11H19NO4/c1-10(2,9(14)15)7-12-8(13)11(16-3)5-4-6-11/h4-7H2,1-3H3,(H,12,13)(H,14,15). The van der Waals surface area contributed by atoms with Crippen molar-refractivity contribution in [3.05, 3.63) is 0 Å². The van der Waals surface area contributed by atoms with Gasteiger partial charge in [-0.1, -0.05) is 0 Å². The fourth-order valence-electron chi connectivity index (χ4n) is 1.56. The molecule has 0 spiro atoms. The van der Waals surface area contributed by atoms with E-state index in [1.807, 2.05) is 0 Å². The van der Waals surface area contributed by atoms with Crippen molar-refractivity contribution in [2.45, 2.75) is 38.7 Å². The van der Waals surface area contributed by atoms with E-state index in [-0.39, 0.29) is 12.5 Å². The van der Waals surface area contributed by atoms with Gasteiger partial charge in [0.1, 0.15) is 5.60 Å². The number of rotatable bonds is 5. The molecule has 0 radical (unpaired) electrons. The fraction of sp³-hybridized carbons (Fsp3) is 0.818. The van der Waals surface area contributed by atoms with E-state index in [0.29, 0.717) is 12.8 Å². The molecule has 0 unspecified atom stereocenters. The molecule has 1 amide bonds. The van der Waals surface area contributed by atoms with Crippen molar-refractivity contribution in [3.8, 4) is 0 Å². The second-order valence-electron chi connectivity index (χ2n) is 4.92. The lowest BCUT2D eigenvalue weighted by Crippen LogP contribution is -2.55. The zero-order valence-electron chi connectivity index (χ0n) is 10.0. The molecule has 16 heavy (non-hydrogen) atoms. The van der Waals surface area contributed by atoms with Gasteiger partial charge in [0.2, 0.25) is 0 Å². The summed E-state index contributed by atoms with van der Waals surface area (Å²) in [5, 5.41) is 11.6. The Morgan fingerprint density at radius 1 is 1.44 bits per heavy atom. The molecule has 0 bridgehead atoms. The molecule has 0 atom stereocenters. The van der Waals surface area contributed by atoms with Crippen molar-refractivity contribution in [1.82, 2.24) is 5.32 Å². The van der Waals surface area contributed by atoms with Gasteiger partial charge in [-0.15, -0.1) is 0 Å². The van der Waals surface area contributed by atoms with Crippen LogP contribution in [0.15, 0.2) is 0 Å². The van der Waals surface area contributed by atoms with Crippen LogP contribution >= 0.6 is 0 Å². The number of carboxylic acid groups (broad SMARTS) is 1. The summed E-state index contributed by atoms with van der Waals surface area (Å²) in [5.74, 6) is -1.12. The Kier molecular flexibility index (Phi) is 3.57. The predicted octanol–water partition coefficient (Wildman–Crippen LogP) is 0.782. The molecule has 0 saturated heterocycles. The number of carbonyl (C=O) groups excluding carboxylic acids is 1. The molecule has 1 saturated carbocycles. The maximum atomic E-state index is 11.8. The maximum Gasteiger partial charge on any atom is 0.310 e. The zero-order chi connectivity index (χ0) is 12.4. The minimum absolute atomic E-state index is 0.117. The van der Waals surface area contributed by atoms with Crippen LogP contribution in [0.2, 0.25) is 0 Å². The fourth-order valence-corrected chi connectivity index (χ4v) is 1.56.